The number of thioether (sulfide) groups is 1. The smallest absolute Gasteiger partial charge is 0.411 e. The van der Waals surface area contributed by atoms with E-state index < -0.39 is 18.1 Å². The molecular formula is C22H23NO4S. The van der Waals surface area contributed by atoms with Gasteiger partial charge in [-0.1, -0.05) is 62.4 Å². The first-order valence-electron chi connectivity index (χ1n) is 9.46. The monoisotopic (exact) mass is 397 g/mol. The Morgan fingerprint density at radius 2 is 1.68 bits per heavy atom. The molecule has 0 saturated carbocycles. The maximum Gasteiger partial charge on any atom is 0.411 e. The minimum atomic E-state index is -0.982. The van der Waals surface area contributed by atoms with Crippen LogP contribution in [0.1, 0.15) is 30.9 Å². The van der Waals surface area contributed by atoms with Crippen molar-refractivity contribution in [1.29, 1.82) is 0 Å². The van der Waals surface area contributed by atoms with Crippen LogP contribution in [0.3, 0.4) is 0 Å². The van der Waals surface area contributed by atoms with Crippen LogP contribution in [0.15, 0.2) is 48.5 Å². The van der Waals surface area contributed by atoms with Crippen molar-refractivity contribution in [1.82, 2.24) is 4.90 Å². The predicted molar refractivity (Wildman–Crippen MR) is 109 cm³/mol. The first-order chi connectivity index (χ1) is 13.5. The van der Waals surface area contributed by atoms with Crippen LogP contribution < -0.4 is 0 Å². The molecule has 0 aromatic heterocycles. The quantitative estimate of drug-likeness (QED) is 0.827. The summed E-state index contributed by atoms with van der Waals surface area (Å²) >= 11 is 1.50. The molecular weight excluding hydrogens is 374 g/mol. The lowest BCUT2D eigenvalue weighted by Crippen LogP contribution is -2.47. The van der Waals surface area contributed by atoms with Crippen LogP contribution in [0.4, 0.5) is 4.79 Å². The van der Waals surface area contributed by atoms with Gasteiger partial charge in [-0.2, -0.15) is 0 Å². The van der Waals surface area contributed by atoms with Crippen LogP contribution in [-0.2, 0) is 9.53 Å². The van der Waals surface area contributed by atoms with Crippen LogP contribution in [0.5, 0.6) is 0 Å². The van der Waals surface area contributed by atoms with Gasteiger partial charge in [0.25, 0.3) is 0 Å². The molecule has 4 rings (SSSR count). The van der Waals surface area contributed by atoms with Gasteiger partial charge in [0.15, 0.2) is 0 Å². The van der Waals surface area contributed by atoms with E-state index in [0.717, 1.165) is 11.1 Å². The third-order valence-electron chi connectivity index (χ3n) is 5.44. The second-order valence-corrected chi connectivity index (χ2v) is 8.68. The van der Waals surface area contributed by atoms with E-state index in [2.05, 4.69) is 24.3 Å². The number of carboxylic acids is 1. The number of rotatable bonds is 4. The number of carboxylic acid groups (broad SMARTS) is 1. The minimum absolute atomic E-state index is 0.0348. The van der Waals surface area contributed by atoms with Crippen molar-refractivity contribution in [2.75, 3.05) is 12.4 Å². The molecule has 1 aliphatic carbocycles. The average Bonchev–Trinajstić information content (AvgIpc) is 3.27. The summed E-state index contributed by atoms with van der Waals surface area (Å²) in [6.07, 6.45) is -0.544. The summed E-state index contributed by atoms with van der Waals surface area (Å²) in [4.78, 5) is 25.9. The predicted octanol–water partition coefficient (Wildman–Crippen LogP) is 4.42. The Kier molecular flexibility index (Phi) is 5.06. The Morgan fingerprint density at radius 3 is 2.21 bits per heavy atom. The van der Waals surface area contributed by atoms with Gasteiger partial charge in [0, 0.05) is 11.7 Å². The second-order valence-electron chi connectivity index (χ2n) is 7.53. The molecule has 6 heteroatoms. The molecule has 2 atom stereocenters. The number of amides is 1. The Labute approximate surface area is 168 Å². The molecule has 2 aromatic rings. The maximum atomic E-state index is 12.9. The van der Waals surface area contributed by atoms with Gasteiger partial charge in [-0.3, -0.25) is 4.90 Å². The number of aliphatic carboxylic acids is 1. The molecule has 146 valence electrons. The van der Waals surface area contributed by atoms with Crippen LogP contribution in [0, 0.1) is 5.92 Å². The lowest BCUT2D eigenvalue weighted by molar-refractivity contribution is -0.141. The number of carbonyl (C=O) groups is 2. The van der Waals surface area contributed by atoms with Crippen LogP contribution in [0.2, 0.25) is 0 Å². The number of carbonyl (C=O) groups excluding carboxylic acids is 1. The summed E-state index contributed by atoms with van der Waals surface area (Å²) in [7, 11) is 0. The number of hydrogen-bond acceptors (Lipinski definition) is 4. The van der Waals surface area contributed by atoms with Crippen molar-refractivity contribution in [3.63, 3.8) is 0 Å². The molecule has 1 heterocycles. The number of ether oxygens (including phenoxy) is 1. The van der Waals surface area contributed by atoms with Crippen molar-refractivity contribution in [3.8, 4) is 11.1 Å². The normalized spacial score (nSPS) is 20.9. The zero-order chi connectivity index (χ0) is 19.8. The molecule has 1 saturated heterocycles. The molecule has 28 heavy (non-hydrogen) atoms. The zero-order valence-corrected chi connectivity index (χ0v) is 16.7. The summed E-state index contributed by atoms with van der Waals surface area (Å²) in [5.74, 6) is -0.478. The van der Waals surface area contributed by atoms with Crippen molar-refractivity contribution in [2.45, 2.75) is 31.2 Å². The SMILES string of the molecule is CC(C)C1SCC(C(=O)O)N1C(=O)OCC1c2ccccc2-c2ccccc21. The first-order valence-corrected chi connectivity index (χ1v) is 10.5. The van der Waals surface area contributed by atoms with E-state index in [1.54, 1.807) is 0 Å². The Morgan fingerprint density at radius 1 is 1.11 bits per heavy atom. The molecule has 0 radical (unpaired) electrons. The molecule has 2 unspecified atom stereocenters. The molecule has 2 aromatic carbocycles. The third-order valence-corrected chi connectivity index (χ3v) is 7.06. The zero-order valence-electron chi connectivity index (χ0n) is 15.9. The highest BCUT2D eigenvalue weighted by atomic mass is 32.2. The van der Waals surface area contributed by atoms with Gasteiger partial charge in [0.2, 0.25) is 0 Å². The summed E-state index contributed by atoms with van der Waals surface area (Å²) in [5.41, 5.74) is 4.61. The van der Waals surface area contributed by atoms with E-state index in [9.17, 15) is 14.7 Å². The molecule has 0 spiro atoms. The molecule has 2 aliphatic rings. The highest BCUT2D eigenvalue weighted by Crippen LogP contribution is 2.44. The molecule has 1 N–H and O–H groups in total. The van der Waals surface area contributed by atoms with Crippen LogP contribution in [0.25, 0.3) is 11.1 Å². The van der Waals surface area contributed by atoms with Crippen LogP contribution >= 0.6 is 11.8 Å². The van der Waals surface area contributed by atoms with Gasteiger partial charge in [0.1, 0.15) is 12.6 Å². The van der Waals surface area contributed by atoms with Gasteiger partial charge in [0.05, 0.1) is 5.37 Å². The van der Waals surface area contributed by atoms with E-state index in [0.29, 0.717) is 5.75 Å². The Balaban J connectivity index is 1.56. The summed E-state index contributed by atoms with van der Waals surface area (Å²) in [6, 6.07) is 15.5. The van der Waals surface area contributed by atoms with E-state index >= 15 is 0 Å². The fourth-order valence-electron chi connectivity index (χ4n) is 4.13. The van der Waals surface area contributed by atoms with E-state index in [4.69, 9.17) is 4.74 Å². The largest absolute Gasteiger partial charge is 0.480 e. The van der Waals surface area contributed by atoms with E-state index in [-0.39, 0.29) is 23.8 Å². The van der Waals surface area contributed by atoms with Crippen molar-refractivity contribution >= 4 is 23.8 Å². The number of hydrogen-bond donors (Lipinski definition) is 1. The molecule has 1 amide bonds. The van der Waals surface area contributed by atoms with Crippen molar-refractivity contribution < 1.29 is 19.4 Å². The Hall–Kier alpha value is -2.47. The number of fused-ring (bicyclic) bond motifs is 3. The summed E-state index contributed by atoms with van der Waals surface area (Å²) in [6.45, 7) is 4.18. The standard InChI is InChI=1S/C22H23NO4S/c1-13(2)20-23(19(12-28-20)21(24)25)22(26)27-11-18-16-9-5-3-7-14(16)15-8-4-6-10-17(15)18/h3-10,13,18-20H,11-12H2,1-2H3,(H,24,25). The second kappa shape index (κ2) is 7.51. The minimum Gasteiger partial charge on any atom is -0.480 e. The third kappa shape index (κ3) is 3.15. The molecule has 5 nitrogen and oxygen atoms in total. The lowest BCUT2D eigenvalue weighted by atomic mass is 9.98. The van der Waals surface area contributed by atoms with Gasteiger partial charge in [-0.15, -0.1) is 11.8 Å². The fourth-order valence-corrected chi connectivity index (χ4v) is 5.59. The fraction of sp³-hybridized carbons (Fsp3) is 0.364. The highest BCUT2D eigenvalue weighted by molar-refractivity contribution is 8.00. The Bertz CT molecular complexity index is 867. The van der Waals surface area contributed by atoms with Gasteiger partial charge >= 0.3 is 12.1 Å². The maximum absolute atomic E-state index is 12.9. The summed E-state index contributed by atoms with van der Waals surface area (Å²) in [5, 5.41) is 9.33. The lowest BCUT2D eigenvalue weighted by Gasteiger charge is -2.29. The number of nitrogens with zero attached hydrogens (tertiary/aromatic N) is 1. The molecule has 1 fully saturated rings. The van der Waals surface area contributed by atoms with Gasteiger partial charge < -0.3 is 9.84 Å². The van der Waals surface area contributed by atoms with Crippen molar-refractivity contribution in [3.05, 3.63) is 59.7 Å². The molecule has 1 aliphatic heterocycles. The van der Waals surface area contributed by atoms with Crippen LogP contribution in [-0.4, -0.2) is 45.8 Å². The highest BCUT2D eigenvalue weighted by Gasteiger charge is 2.44. The number of benzene rings is 2. The first kappa shape index (κ1) is 18.9. The topological polar surface area (TPSA) is 66.8 Å². The molecule has 0 bridgehead atoms. The van der Waals surface area contributed by atoms with E-state index in [1.807, 2.05) is 38.1 Å². The average molecular weight is 397 g/mol. The van der Waals surface area contributed by atoms with Crippen molar-refractivity contribution in [2.24, 2.45) is 5.92 Å². The van der Waals surface area contributed by atoms with Gasteiger partial charge in [-0.05, 0) is 28.2 Å². The van der Waals surface area contributed by atoms with E-state index in [1.165, 1.54) is 27.8 Å². The van der Waals surface area contributed by atoms with Gasteiger partial charge in [-0.25, -0.2) is 9.59 Å². The summed E-state index contributed by atoms with van der Waals surface area (Å²) < 4.78 is 5.69.